The van der Waals surface area contributed by atoms with Crippen LogP contribution in [0.4, 0.5) is 17.3 Å². The molecule has 0 saturated carbocycles. The second-order valence-corrected chi connectivity index (χ2v) is 6.28. The Morgan fingerprint density at radius 3 is 2.58 bits per heavy atom. The molecule has 0 saturated heterocycles. The van der Waals surface area contributed by atoms with Crippen LogP contribution in [0.1, 0.15) is 26.1 Å². The summed E-state index contributed by atoms with van der Waals surface area (Å²) in [4.78, 5) is 8.89. The van der Waals surface area contributed by atoms with Gasteiger partial charge >= 0.3 is 0 Å². The van der Waals surface area contributed by atoms with Crippen molar-refractivity contribution in [1.29, 1.82) is 0 Å². The standard InChI is InChI=1S/C18H24N4O2/c1-12(2)6-7-19-17-11-18(21-13(3)20-17)22-14-4-5-15-16(10-14)24-9-8-23-15/h4-5,10-12H,6-9H2,1-3H3,(H2,19,20,21,22). The number of benzene rings is 1. The van der Waals surface area contributed by atoms with Crippen LogP contribution in [-0.4, -0.2) is 29.7 Å². The zero-order valence-electron chi connectivity index (χ0n) is 14.4. The van der Waals surface area contributed by atoms with Gasteiger partial charge in [-0.2, -0.15) is 0 Å². The fourth-order valence-corrected chi connectivity index (χ4v) is 2.48. The number of anilines is 3. The molecule has 6 nitrogen and oxygen atoms in total. The van der Waals surface area contributed by atoms with Crippen molar-refractivity contribution in [2.75, 3.05) is 30.4 Å². The van der Waals surface area contributed by atoms with Crippen LogP contribution in [0.3, 0.4) is 0 Å². The summed E-state index contributed by atoms with van der Waals surface area (Å²) in [5.41, 5.74) is 0.908. The van der Waals surface area contributed by atoms with Crippen LogP contribution < -0.4 is 20.1 Å². The fourth-order valence-electron chi connectivity index (χ4n) is 2.48. The van der Waals surface area contributed by atoms with Gasteiger partial charge in [-0.1, -0.05) is 13.8 Å². The lowest BCUT2D eigenvalue weighted by Gasteiger charge is -2.19. The first-order valence-electron chi connectivity index (χ1n) is 8.36. The maximum absolute atomic E-state index is 5.61. The Hall–Kier alpha value is -2.50. The number of aryl methyl sites for hydroxylation is 1. The molecule has 2 aromatic rings. The predicted octanol–water partition coefficient (Wildman–Crippen LogP) is 3.76. The molecule has 6 heteroatoms. The van der Waals surface area contributed by atoms with E-state index < -0.39 is 0 Å². The lowest BCUT2D eigenvalue weighted by Crippen LogP contribution is -2.15. The van der Waals surface area contributed by atoms with Crippen molar-refractivity contribution in [2.45, 2.75) is 27.2 Å². The molecule has 128 valence electrons. The average molecular weight is 328 g/mol. The molecule has 2 N–H and O–H groups in total. The van der Waals surface area contributed by atoms with Gasteiger partial charge in [0.2, 0.25) is 0 Å². The number of hydrogen-bond acceptors (Lipinski definition) is 6. The molecule has 0 bridgehead atoms. The van der Waals surface area contributed by atoms with Crippen molar-refractivity contribution in [3.05, 3.63) is 30.1 Å². The molecule has 0 unspecified atom stereocenters. The summed E-state index contributed by atoms with van der Waals surface area (Å²) < 4.78 is 11.2. The maximum Gasteiger partial charge on any atom is 0.163 e. The fraction of sp³-hybridized carbons (Fsp3) is 0.444. The summed E-state index contributed by atoms with van der Waals surface area (Å²) >= 11 is 0. The minimum atomic E-state index is 0.576. The zero-order chi connectivity index (χ0) is 16.9. The van der Waals surface area contributed by atoms with E-state index in [1.54, 1.807) is 0 Å². The van der Waals surface area contributed by atoms with Crippen molar-refractivity contribution in [3.8, 4) is 11.5 Å². The Balaban J connectivity index is 1.71. The molecule has 3 rings (SSSR count). The van der Waals surface area contributed by atoms with Crippen molar-refractivity contribution < 1.29 is 9.47 Å². The maximum atomic E-state index is 5.61. The van der Waals surface area contributed by atoms with Crippen molar-refractivity contribution in [1.82, 2.24) is 9.97 Å². The van der Waals surface area contributed by atoms with E-state index in [4.69, 9.17) is 9.47 Å². The van der Waals surface area contributed by atoms with Crippen LogP contribution in [0.15, 0.2) is 24.3 Å². The summed E-state index contributed by atoms with van der Waals surface area (Å²) in [6.07, 6.45) is 1.11. The summed E-state index contributed by atoms with van der Waals surface area (Å²) in [5, 5.41) is 6.66. The van der Waals surface area contributed by atoms with Crippen molar-refractivity contribution >= 4 is 17.3 Å². The molecular formula is C18H24N4O2. The number of hydrogen-bond donors (Lipinski definition) is 2. The first-order chi connectivity index (χ1) is 11.6. The summed E-state index contributed by atoms with van der Waals surface area (Å²) in [5.74, 6) is 4.52. The van der Waals surface area contributed by atoms with Gasteiger partial charge in [-0.25, -0.2) is 9.97 Å². The Morgan fingerprint density at radius 2 is 1.79 bits per heavy atom. The minimum absolute atomic E-state index is 0.576. The van der Waals surface area contributed by atoms with Gasteiger partial charge in [-0.15, -0.1) is 0 Å². The number of fused-ring (bicyclic) bond motifs is 1. The molecule has 0 aliphatic carbocycles. The molecule has 1 aliphatic rings. The van der Waals surface area contributed by atoms with E-state index in [2.05, 4.69) is 34.4 Å². The van der Waals surface area contributed by atoms with Gasteiger partial charge in [0.05, 0.1) is 0 Å². The van der Waals surface area contributed by atoms with Gasteiger partial charge in [0.25, 0.3) is 0 Å². The number of nitrogens with zero attached hydrogens (tertiary/aromatic N) is 2. The highest BCUT2D eigenvalue weighted by atomic mass is 16.6. The Bertz CT molecular complexity index is 703. The SMILES string of the molecule is Cc1nc(NCCC(C)C)cc(Nc2ccc3c(c2)OCCO3)n1. The van der Waals surface area contributed by atoms with Crippen LogP contribution in [0.25, 0.3) is 0 Å². The molecule has 2 heterocycles. The molecule has 1 aromatic carbocycles. The molecular weight excluding hydrogens is 304 g/mol. The van der Waals surface area contributed by atoms with Crippen LogP contribution >= 0.6 is 0 Å². The van der Waals surface area contributed by atoms with Crippen molar-refractivity contribution in [2.24, 2.45) is 5.92 Å². The number of rotatable bonds is 6. The summed E-state index contributed by atoms with van der Waals surface area (Å²) in [6, 6.07) is 7.71. The van der Waals surface area contributed by atoms with Crippen LogP contribution in [-0.2, 0) is 0 Å². The van der Waals surface area contributed by atoms with E-state index in [0.717, 1.165) is 47.6 Å². The Kier molecular flexibility index (Phi) is 5.03. The molecule has 0 fully saturated rings. The van der Waals surface area contributed by atoms with Gasteiger partial charge in [-0.05, 0) is 31.4 Å². The van der Waals surface area contributed by atoms with E-state index in [9.17, 15) is 0 Å². The quantitative estimate of drug-likeness (QED) is 0.841. The van der Waals surface area contributed by atoms with Crippen LogP contribution in [0.5, 0.6) is 11.5 Å². The van der Waals surface area contributed by atoms with Gasteiger partial charge in [0.15, 0.2) is 11.5 Å². The van der Waals surface area contributed by atoms with E-state index in [0.29, 0.717) is 19.1 Å². The summed E-state index contributed by atoms with van der Waals surface area (Å²) in [6.45, 7) is 8.38. The topological polar surface area (TPSA) is 68.3 Å². The Morgan fingerprint density at radius 1 is 1.04 bits per heavy atom. The van der Waals surface area contributed by atoms with Crippen LogP contribution in [0, 0.1) is 12.8 Å². The number of aromatic nitrogens is 2. The highest BCUT2D eigenvalue weighted by molar-refractivity contribution is 5.63. The zero-order valence-corrected chi connectivity index (χ0v) is 14.4. The van der Waals surface area contributed by atoms with Gasteiger partial charge < -0.3 is 20.1 Å². The third-order valence-electron chi connectivity index (χ3n) is 3.68. The molecule has 0 spiro atoms. The van der Waals surface area contributed by atoms with Crippen molar-refractivity contribution in [3.63, 3.8) is 0 Å². The summed E-state index contributed by atoms with van der Waals surface area (Å²) in [7, 11) is 0. The predicted molar refractivity (Wildman–Crippen MR) is 95.4 cm³/mol. The minimum Gasteiger partial charge on any atom is -0.486 e. The number of nitrogens with one attached hydrogen (secondary N) is 2. The second-order valence-electron chi connectivity index (χ2n) is 6.28. The van der Waals surface area contributed by atoms with E-state index >= 15 is 0 Å². The average Bonchev–Trinajstić information content (AvgIpc) is 2.54. The monoisotopic (exact) mass is 328 g/mol. The molecule has 1 aromatic heterocycles. The largest absolute Gasteiger partial charge is 0.486 e. The van der Waals surface area contributed by atoms with E-state index in [-0.39, 0.29) is 0 Å². The highest BCUT2D eigenvalue weighted by Crippen LogP contribution is 2.33. The molecule has 1 aliphatic heterocycles. The highest BCUT2D eigenvalue weighted by Gasteiger charge is 2.12. The van der Waals surface area contributed by atoms with Crippen LogP contribution in [0.2, 0.25) is 0 Å². The molecule has 0 amide bonds. The smallest absolute Gasteiger partial charge is 0.163 e. The number of ether oxygens (including phenoxy) is 2. The first kappa shape index (κ1) is 16.4. The van der Waals surface area contributed by atoms with Gasteiger partial charge in [-0.3, -0.25) is 0 Å². The lowest BCUT2D eigenvalue weighted by atomic mass is 10.1. The van der Waals surface area contributed by atoms with Gasteiger partial charge in [0.1, 0.15) is 30.7 Å². The van der Waals surface area contributed by atoms with E-state index in [1.807, 2.05) is 31.2 Å². The lowest BCUT2D eigenvalue weighted by molar-refractivity contribution is 0.171. The third-order valence-corrected chi connectivity index (χ3v) is 3.68. The van der Waals surface area contributed by atoms with Gasteiger partial charge in [0, 0.05) is 24.4 Å². The van der Waals surface area contributed by atoms with E-state index in [1.165, 1.54) is 0 Å². The normalized spacial score (nSPS) is 13.0. The Labute approximate surface area is 142 Å². The molecule has 24 heavy (non-hydrogen) atoms. The third kappa shape index (κ3) is 4.28. The second kappa shape index (κ2) is 7.38. The first-order valence-corrected chi connectivity index (χ1v) is 8.36. The molecule has 0 atom stereocenters. The molecule has 0 radical (unpaired) electrons.